The number of hydrogen-bond acceptors (Lipinski definition) is 2. The van der Waals surface area contributed by atoms with Gasteiger partial charge in [0.15, 0.2) is 0 Å². The van der Waals surface area contributed by atoms with Crippen molar-refractivity contribution in [1.82, 2.24) is 4.90 Å². The van der Waals surface area contributed by atoms with Crippen LogP contribution in [0.4, 0.5) is 0 Å². The number of carbonyl (C=O) groups excluding carboxylic acids is 2. The van der Waals surface area contributed by atoms with Gasteiger partial charge in [0.2, 0.25) is 5.91 Å². The SMILES string of the molecule is CC(=O)N1CCC(CC=O)(c2ccccc2)CC1. The summed E-state index contributed by atoms with van der Waals surface area (Å²) in [5.74, 6) is 0.128. The summed E-state index contributed by atoms with van der Waals surface area (Å²) in [6, 6.07) is 10.2. The van der Waals surface area contributed by atoms with Crippen molar-refractivity contribution in [3.05, 3.63) is 35.9 Å². The van der Waals surface area contributed by atoms with E-state index in [4.69, 9.17) is 0 Å². The third-order valence-electron chi connectivity index (χ3n) is 4.03. The Morgan fingerprint density at radius 3 is 2.39 bits per heavy atom. The molecule has 96 valence electrons. The Bertz CT molecular complexity index is 419. The highest BCUT2D eigenvalue weighted by atomic mass is 16.2. The van der Waals surface area contributed by atoms with Crippen molar-refractivity contribution in [3.63, 3.8) is 0 Å². The molecule has 18 heavy (non-hydrogen) atoms. The highest BCUT2D eigenvalue weighted by Gasteiger charge is 2.36. The van der Waals surface area contributed by atoms with Gasteiger partial charge in [-0.05, 0) is 18.4 Å². The highest BCUT2D eigenvalue weighted by Crippen LogP contribution is 2.37. The van der Waals surface area contributed by atoms with Crippen molar-refractivity contribution >= 4 is 12.2 Å². The molecular formula is C15H19NO2. The molecule has 0 radical (unpaired) electrons. The van der Waals surface area contributed by atoms with Gasteiger partial charge in [-0.25, -0.2) is 0 Å². The number of benzene rings is 1. The van der Waals surface area contributed by atoms with E-state index in [0.717, 1.165) is 32.2 Å². The molecule has 0 aromatic heterocycles. The zero-order chi connectivity index (χ0) is 13.0. The maximum absolute atomic E-state index is 11.4. The summed E-state index contributed by atoms with van der Waals surface area (Å²) >= 11 is 0. The molecular weight excluding hydrogens is 226 g/mol. The molecule has 0 saturated carbocycles. The lowest BCUT2D eigenvalue weighted by molar-refractivity contribution is -0.130. The van der Waals surface area contributed by atoms with Gasteiger partial charge in [0, 0.05) is 31.8 Å². The summed E-state index contributed by atoms with van der Waals surface area (Å²) in [7, 11) is 0. The molecule has 1 aliphatic rings. The average Bonchev–Trinajstić information content (AvgIpc) is 2.40. The first kappa shape index (κ1) is 12.8. The summed E-state index contributed by atoms with van der Waals surface area (Å²) in [6.45, 7) is 3.10. The van der Waals surface area contributed by atoms with Crippen molar-refractivity contribution in [1.29, 1.82) is 0 Å². The largest absolute Gasteiger partial charge is 0.343 e. The first-order chi connectivity index (χ1) is 8.68. The van der Waals surface area contributed by atoms with E-state index in [1.807, 2.05) is 23.1 Å². The minimum atomic E-state index is -0.0744. The fraction of sp³-hybridized carbons (Fsp3) is 0.467. The van der Waals surface area contributed by atoms with Gasteiger partial charge in [0.05, 0.1) is 0 Å². The predicted molar refractivity (Wildman–Crippen MR) is 70.3 cm³/mol. The Labute approximate surface area is 108 Å². The van der Waals surface area contributed by atoms with Crippen LogP contribution in [0.15, 0.2) is 30.3 Å². The number of piperidine rings is 1. The van der Waals surface area contributed by atoms with E-state index >= 15 is 0 Å². The number of hydrogen-bond donors (Lipinski definition) is 0. The number of rotatable bonds is 3. The van der Waals surface area contributed by atoms with E-state index in [2.05, 4.69) is 12.1 Å². The molecule has 1 aromatic rings. The number of amides is 1. The maximum atomic E-state index is 11.4. The topological polar surface area (TPSA) is 37.4 Å². The average molecular weight is 245 g/mol. The lowest BCUT2D eigenvalue weighted by Crippen LogP contribution is -2.44. The molecule has 0 unspecified atom stereocenters. The first-order valence-electron chi connectivity index (χ1n) is 6.43. The number of carbonyl (C=O) groups is 2. The van der Waals surface area contributed by atoms with E-state index < -0.39 is 0 Å². The zero-order valence-corrected chi connectivity index (χ0v) is 10.8. The molecule has 0 atom stereocenters. The molecule has 0 aliphatic carbocycles. The molecule has 1 fully saturated rings. The van der Waals surface area contributed by atoms with Crippen LogP contribution >= 0.6 is 0 Å². The third kappa shape index (κ3) is 2.45. The van der Waals surface area contributed by atoms with Crippen molar-refractivity contribution in [2.24, 2.45) is 0 Å². The minimum absolute atomic E-state index is 0.0744. The maximum Gasteiger partial charge on any atom is 0.219 e. The Balaban J connectivity index is 2.20. The second kappa shape index (κ2) is 5.34. The standard InChI is InChI=1S/C15H19NO2/c1-13(18)16-10-7-15(8-11-16,9-12-17)14-5-3-2-4-6-14/h2-6,12H,7-11H2,1H3. The molecule has 3 heteroatoms. The Kier molecular flexibility index (Phi) is 3.80. The molecule has 0 N–H and O–H groups in total. The van der Waals surface area contributed by atoms with Crippen LogP contribution in [-0.4, -0.2) is 30.2 Å². The van der Waals surface area contributed by atoms with Crippen molar-refractivity contribution < 1.29 is 9.59 Å². The van der Waals surface area contributed by atoms with Crippen LogP contribution in [0.3, 0.4) is 0 Å². The summed E-state index contributed by atoms with van der Waals surface area (Å²) in [5.41, 5.74) is 1.15. The third-order valence-corrected chi connectivity index (χ3v) is 4.03. The van der Waals surface area contributed by atoms with Crippen LogP contribution in [0.5, 0.6) is 0 Å². The lowest BCUT2D eigenvalue weighted by atomic mass is 9.71. The van der Waals surface area contributed by atoms with Crippen molar-refractivity contribution in [2.75, 3.05) is 13.1 Å². The van der Waals surface area contributed by atoms with Gasteiger partial charge in [-0.2, -0.15) is 0 Å². The molecule has 1 heterocycles. The molecule has 1 amide bonds. The van der Waals surface area contributed by atoms with Crippen LogP contribution in [0.2, 0.25) is 0 Å². The summed E-state index contributed by atoms with van der Waals surface area (Å²) < 4.78 is 0. The monoisotopic (exact) mass is 245 g/mol. The second-order valence-electron chi connectivity index (χ2n) is 5.02. The Hall–Kier alpha value is -1.64. The molecule has 1 saturated heterocycles. The van der Waals surface area contributed by atoms with Gasteiger partial charge in [-0.3, -0.25) is 4.79 Å². The first-order valence-corrected chi connectivity index (χ1v) is 6.43. The van der Waals surface area contributed by atoms with Crippen LogP contribution in [-0.2, 0) is 15.0 Å². The van der Waals surface area contributed by atoms with E-state index in [0.29, 0.717) is 6.42 Å². The number of likely N-dealkylation sites (tertiary alicyclic amines) is 1. The van der Waals surface area contributed by atoms with E-state index in [1.54, 1.807) is 6.92 Å². The van der Waals surface area contributed by atoms with Gasteiger partial charge in [0.25, 0.3) is 0 Å². The normalized spacial score (nSPS) is 18.4. The Morgan fingerprint density at radius 1 is 1.28 bits per heavy atom. The summed E-state index contributed by atoms with van der Waals surface area (Å²) in [5, 5.41) is 0. The van der Waals surface area contributed by atoms with E-state index in [9.17, 15) is 9.59 Å². The molecule has 0 bridgehead atoms. The fourth-order valence-electron chi connectivity index (χ4n) is 2.81. The zero-order valence-electron chi connectivity index (χ0n) is 10.8. The quantitative estimate of drug-likeness (QED) is 0.765. The highest BCUT2D eigenvalue weighted by molar-refractivity contribution is 5.73. The van der Waals surface area contributed by atoms with Crippen LogP contribution in [0.1, 0.15) is 31.7 Å². The molecule has 0 spiro atoms. The second-order valence-corrected chi connectivity index (χ2v) is 5.02. The van der Waals surface area contributed by atoms with Crippen molar-refractivity contribution in [3.8, 4) is 0 Å². The van der Waals surface area contributed by atoms with Gasteiger partial charge in [-0.15, -0.1) is 0 Å². The van der Waals surface area contributed by atoms with Crippen LogP contribution < -0.4 is 0 Å². The molecule has 2 rings (SSSR count). The number of aldehydes is 1. The van der Waals surface area contributed by atoms with Crippen molar-refractivity contribution in [2.45, 2.75) is 31.6 Å². The lowest BCUT2D eigenvalue weighted by Gasteiger charge is -2.41. The van der Waals surface area contributed by atoms with Crippen LogP contribution in [0, 0.1) is 0 Å². The summed E-state index contributed by atoms with van der Waals surface area (Å²) in [6.07, 6.45) is 3.30. The van der Waals surface area contributed by atoms with Crippen LogP contribution in [0.25, 0.3) is 0 Å². The van der Waals surface area contributed by atoms with E-state index in [-0.39, 0.29) is 11.3 Å². The molecule has 1 aliphatic heterocycles. The smallest absolute Gasteiger partial charge is 0.219 e. The van der Waals surface area contributed by atoms with Gasteiger partial charge >= 0.3 is 0 Å². The summed E-state index contributed by atoms with van der Waals surface area (Å²) in [4.78, 5) is 24.2. The van der Waals surface area contributed by atoms with Gasteiger partial charge in [-0.1, -0.05) is 30.3 Å². The van der Waals surface area contributed by atoms with Gasteiger partial charge < -0.3 is 9.69 Å². The number of nitrogens with zero attached hydrogens (tertiary/aromatic N) is 1. The minimum Gasteiger partial charge on any atom is -0.343 e. The molecule has 3 nitrogen and oxygen atoms in total. The fourth-order valence-corrected chi connectivity index (χ4v) is 2.81. The molecule has 1 aromatic carbocycles. The van der Waals surface area contributed by atoms with Gasteiger partial charge in [0.1, 0.15) is 6.29 Å². The predicted octanol–water partition coefficient (Wildman–Crippen LogP) is 2.16. The van der Waals surface area contributed by atoms with E-state index in [1.165, 1.54) is 5.56 Å². The Morgan fingerprint density at radius 2 is 1.89 bits per heavy atom.